The van der Waals surface area contributed by atoms with Crippen LogP contribution in [0.4, 0.5) is 0 Å². The Labute approximate surface area is 100 Å². The van der Waals surface area contributed by atoms with Crippen LogP contribution in [0, 0.1) is 5.92 Å². The van der Waals surface area contributed by atoms with Gasteiger partial charge in [0.2, 0.25) is 0 Å². The third-order valence-electron chi connectivity index (χ3n) is 3.90. The third kappa shape index (κ3) is 4.40. The van der Waals surface area contributed by atoms with Crippen molar-refractivity contribution in [3.05, 3.63) is 0 Å². The number of nitrogens with zero attached hydrogens (tertiary/aromatic N) is 1. The molecule has 0 aromatic heterocycles. The molecule has 1 fully saturated rings. The van der Waals surface area contributed by atoms with E-state index >= 15 is 0 Å². The minimum atomic E-state index is 0.402. The molecular weight excluding hydrogens is 200 g/mol. The van der Waals surface area contributed by atoms with E-state index in [0.717, 1.165) is 13.2 Å². The number of rotatable bonds is 5. The summed E-state index contributed by atoms with van der Waals surface area (Å²) in [6, 6.07) is 0.889. The van der Waals surface area contributed by atoms with Gasteiger partial charge in [-0.3, -0.25) is 0 Å². The highest BCUT2D eigenvalue weighted by atomic mass is 16.5. The van der Waals surface area contributed by atoms with Crippen molar-refractivity contribution in [3.63, 3.8) is 0 Å². The summed E-state index contributed by atoms with van der Waals surface area (Å²) in [5.41, 5.74) is 6.24. The topological polar surface area (TPSA) is 38.5 Å². The van der Waals surface area contributed by atoms with Crippen molar-refractivity contribution in [2.45, 2.75) is 51.1 Å². The third-order valence-corrected chi connectivity index (χ3v) is 3.90. The van der Waals surface area contributed by atoms with Crippen molar-refractivity contribution >= 4 is 0 Å². The van der Waals surface area contributed by atoms with E-state index in [1.54, 1.807) is 7.11 Å². The second-order valence-corrected chi connectivity index (χ2v) is 5.31. The van der Waals surface area contributed by atoms with Crippen LogP contribution in [-0.2, 0) is 4.74 Å². The fourth-order valence-electron chi connectivity index (χ4n) is 2.56. The Kier molecular flexibility index (Phi) is 6.32. The van der Waals surface area contributed by atoms with Gasteiger partial charge in [0.15, 0.2) is 0 Å². The highest BCUT2D eigenvalue weighted by Gasteiger charge is 2.23. The molecule has 3 unspecified atom stereocenters. The van der Waals surface area contributed by atoms with Gasteiger partial charge in [0.1, 0.15) is 0 Å². The Morgan fingerprint density at radius 1 is 1.31 bits per heavy atom. The van der Waals surface area contributed by atoms with Crippen LogP contribution < -0.4 is 5.73 Å². The van der Waals surface area contributed by atoms with Crippen LogP contribution in [0.3, 0.4) is 0 Å². The maximum atomic E-state index is 6.24. The second-order valence-electron chi connectivity index (χ2n) is 5.31. The predicted octanol–water partition coefficient (Wildman–Crippen LogP) is 1.86. The quantitative estimate of drug-likeness (QED) is 0.730. The zero-order valence-electron chi connectivity index (χ0n) is 11.1. The first-order chi connectivity index (χ1) is 7.65. The lowest BCUT2D eigenvalue weighted by Gasteiger charge is -2.30. The number of methoxy groups -OCH3 is 1. The fraction of sp³-hybridized carbons (Fsp3) is 1.00. The predicted molar refractivity (Wildman–Crippen MR) is 68.5 cm³/mol. The van der Waals surface area contributed by atoms with Crippen molar-refractivity contribution in [2.75, 3.05) is 27.3 Å². The molecule has 96 valence electrons. The van der Waals surface area contributed by atoms with Crippen molar-refractivity contribution in [3.8, 4) is 0 Å². The smallest absolute Gasteiger partial charge is 0.0615 e. The summed E-state index contributed by atoms with van der Waals surface area (Å²) in [7, 11) is 3.95. The monoisotopic (exact) mass is 228 g/mol. The number of nitrogens with two attached hydrogens (primary N) is 1. The van der Waals surface area contributed by atoms with Gasteiger partial charge in [0.05, 0.1) is 6.61 Å². The van der Waals surface area contributed by atoms with E-state index in [4.69, 9.17) is 10.5 Å². The van der Waals surface area contributed by atoms with Gasteiger partial charge >= 0.3 is 0 Å². The summed E-state index contributed by atoms with van der Waals surface area (Å²) in [4.78, 5) is 2.39. The molecule has 1 saturated carbocycles. The first kappa shape index (κ1) is 13.9. The molecule has 16 heavy (non-hydrogen) atoms. The van der Waals surface area contributed by atoms with Crippen LogP contribution in [-0.4, -0.2) is 44.3 Å². The molecule has 0 aromatic carbocycles. The van der Waals surface area contributed by atoms with Crippen molar-refractivity contribution < 1.29 is 4.74 Å². The van der Waals surface area contributed by atoms with Crippen LogP contribution in [0.25, 0.3) is 0 Å². The van der Waals surface area contributed by atoms with E-state index in [1.807, 2.05) is 0 Å². The van der Waals surface area contributed by atoms with Gasteiger partial charge in [-0.2, -0.15) is 0 Å². The molecule has 3 heteroatoms. The fourth-order valence-corrected chi connectivity index (χ4v) is 2.56. The van der Waals surface area contributed by atoms with E-state index in [0.29, 0.717) is 18.0 Å². The highest BCUT2D eigenvalue weighted by Crippen LogP contribution is 2.23. The van der Waals surface area contributed by atoms with E-state index in [2.05, 4.69) is 18.9 Å². The van der Waals surface area contributed by atoms with Gasteiger partial charge in [0, 0.05) is 25.7 Å². The minimum absolute atomic E-state index is 0.402. The van der Waals surface area contributed by atoms with Crippen molar-refractivity contribution in [2.24, 2.45) is 11.7 Å². The first-order valence-electron chi connectivity index (χ1n) is 6.60. The van der Waals surface area contributed by atoms with Crippen LogP contribution in [0.5, 0.6) is 0 Å². The Hall–Kier alpha value is -0.120. The molecule has 0 heterocycles. The first-order valence-corrected chi connectivity index (χ1v) is 6.60. The maximum absolute atomic E-state index is 6.24. The van der Waals surface area contributed by atoms with E-state index in [-0.39, 0.29) is 0 Å². The van der Waals surface area contributed by atoms with E-state index < -0.39 is 0 Å². The molecule has 0 radical (unpaired) electrons. The van der Waals surface area contributed by atoms with Crippen LogP contribution >= 0.6 is 0 Å². The van der Waals surface area contributed by atoms with E-state index in [1.165, 1.54) is 32.1 Å². The minimum Gasteiger partial charge on any atom is -0.383 e. The summed E-state index contributed by atoms with van der Waals surface area (Å²) in [6.45, 7) is 4.13. The summed E-state index contributed by atoms with van der Waals surface area (Å²) in [5.74, 6) is 0.673. The largest absolute Gasteiger partial charge is 0.383 e. The lowest BCUT2D eigenvalue weighted by molar-refractivity contribution is 0.101. The van der Waals surface area contributed by atoms with Gasteiger partial charge in [-0.25, -0.2) is 0 Å². The summed E-state index contributed by atoms with van der Waals surface area (Å²) < 4.78 is 5.19. The summed E-state index contributed by atoms with van der Waals surface area (Å²) in [5, 5.41) is 0. The normalized spacial score (nSPS) is 29.1. The lowest BCUT2D eigenvalue weighted by atomic mass is 9.94. The standard InChI is InChI=1S/C13H28N2O/c1-11(10-16-3)15(2)9-12-7-5-4-6-8-13(12)14/h11-13H,4-10,14H2,1-3H3. The number of hydrogen-bond acceptors (Lipinski definition) is 3. The molecule has 1 aliphatic carbocycles. The molecule has 0 spiro atoms. The average molecular weight is 228 g/mol. The van der Waals surface area contributed by atoms with Crippen molar-refractivity contribution in [1.82, 2.24) is 4.90 Å². The second kappa shape index (κ2) is 7.25. The number of ether oxygens (including phenoxy) is 1. The van der Waals surface area contributed by atoms with Gasteiger partial charge in [-0.15, -0.1) is 0 Å². The molecule has 3 nitrogen and oxygen atoms in total. The Bertz CT molecular complexity index is 187. The van der Waals surface area contributed by atoms with Gasteiger partial charge in [-0.05, 0) is 32.7 Å². The van der Waals surface area contributed by atoms with Crippen LogP contribution in [0.2, 0.25) is 0 Å². The molecule has 0 aromatic rings. The maximum Gasteiger partial charge on any atom is 0.0615 e. The average Bonchev–Trinajstić information content (AvgIpc) is 2.45. The molecule has 3 atom stereocenters. The molecule has 1 aliphatic rings. The lowest BCUT2D eigenvalue weighted by Crippen LogP contribution is -2.42. The van der Waals surface area contributed by atoms with Crippen molar-refractivity contribution in [1.29, 1.82) is 0 Å². The summed E-state index contributed by atoms with van der Waals surface area (Å²) >= 11 is 0. The van der Waals surface area contributed by atoms with Gasteiger partial charge in [-0.1, -0.05) is 19.3 Å². The Balaban J connectivity index is 2.38. The van der Waals surface area contributed by atoms with Gasteiger partial charge in [0.25, 0.3) is 0 Å². The zero-order chi connectivity index (χ0) is 12.0. The Morgan fingerprint density at radius 2 is 2.00 bits per heavy atom. The van der Waals surface area contributed by atoms with E-state index in [9.17, 15) is 0 Å². The zero-order valence-corrected chi connectivity index (χ0v) is 11.1. The molecule has 2 N–H and O–H groups in total. The Morgan fingerprint density at radius 3 is 2.69 bits per heavy atom. The van der Waals surface area contributed by atoms with Gasteiger partial charge < -0.3 is 15.4 Å². The van der Waals surface area contributed by atoms with Crippen LogP contribution in [0.1, 0.15) is 39.0 Å². The molecular formula is C13H28N2O. The molecule has 0 amide bonds. The molecule has 0 aliphatic heterocycles. The molecule has 1 rings (SSSR count). The molecule has 0 saturated heterocycles. The highest BCUT2D eigenvalue weighted by molar-refractivity contribution is 4.79. The number of hydrogen-bond donors (Lipinski definition) is 1. The number of likely N-dealkylation sites (N-methyl/N-ethyl adjacent to an activating group) is 1. The molecule has 0 bridgehead atoms. The summed E-state index contributed by atoms with van der Waals surface area (Å²) in [6.07, 6.45) is 6.53. The SMILES string of the molecule is COCC(C)N(C)CC1CCCCCC1N. The van der Waals surface area contributed by atoms with Crippen LogP contribution in [0.15, 0.2) is 0 Å².